The Labute approximate surface area is 123 Å². The van der Waals surface area contributed by atoms with Crippen molar-refractivity contribution in [3.63, 3.8) is 0 Å². The van der Waals surface area contributed by atoms with Gasteiger partial charge in [0.15, 0.2) is 4.90 Å². The summed E-state index contributed by atoms with van der Waals surface area (Å²) in [5.41, 5.74) is 5.37. The van der Waals surface area contributed by atoms with Crippen molar-refractivity contribution in [2.24, 2.45) is 0 Å². The lowest BCUT2D eigenvalue weighted by molar-refractivity contribution is -0.387. The molecule has 1 saturated heterocycles. The summed E-state index contributed by atoms with van der Waals surface area (Å²) in [5, 5.41) is 11.1. The van der Waals surface area contributed by atoms with Gasteiger partial charge < -0.3 is 5.73 Å². The van der Waals surface area contributed by atoms with Crippen LogP contribution in [0.2, 0.25) is 0 Å². The molecule has 1 fully saturated rings. The Morgan fingerprint density at radius 1 is 1.29 bits per heavy atom. The summed E-state index contributed by atoms with van der Waals surface area (Å²) in [6.45, 7) is 3.65. The van der Waals surface area contributed by atoms with Gasteiger partial charge in [0.25, 0.3) is 5.69 Å². The molecule has 8 heteroatoms. The highest BCUT2D eigenvalue weighted by molar-refractivity contribution is 7.89. The Morgan fingerprint density at radius 3 is 2.38 bits per heavy atom. The minimum atomic E-state index is -3.95. The summed E-state index contributed by atoms with van der Waals surface area (Å²) in [4.78, 5) is 10.1. The first-order valence-electron chi connectivity index (χ1n) is 6.82. The molecule has 2 atom stereocenters. The molecule has 2 N–H and O–H groups in total. The Kier molecular flexibility index (Phi) is 4.20. The predicted molar refractivity (Wildman–Crippen MR) is 79.3 cm³/mol. The maximum absolute atomic E-state index is 12.9. The summed E-state index contributed by atoms with van der Waals surface area (Å²) < 4.78 is 27.1. The lowest BCUT2D eigenvalue weighted by Gasteiger charge is -2.37. The quantitative estimate of drug-likeness (QED) is 0.522. The second kappa shape index (κ2) is 5.61. The van der Waals surface area contributed by atoms with Gasteiger partial charge in [-0.3, -0.25) is 10.1 Å². The van der Waals surface area contributed by atoms with Gasteiger partial charge in [0.2, 0.25) is 10.0 Å². The molecule has 0 saturated carbocycles. The van der Waals surface area contributed by atoms with E-state index in [4.69, 9.17) is 5.73 Å². The van der Waals surface area contributed by atoms with Crippen molar-refractivity contribution in [3.05, 3.63) is 28.3 Å². The van der Waals surface area contributed by atoms with E-state index in [0.717, 1.165) is 25.3 Å². The van der Waals surface area contributed by atoms with Gasteiger partial charge in [-0.25, -0.2) is 8.42 Å². The summed E-state index contributed by atoms with van der Waals surface area (Å²) in [7, 11) is -3.95. The number of anilines is 1. The SMILES string of the molecule is C[C@@H]1CCC[C@H](C)N1S(=O)(=O)c1cc(N)ccc1[N+](=O)[O-]. The van der Waals surface area contributed by atoms with Crippen molar-refractivity contribution in [3.8, 4) is 0 Å². The molecule has 116 valence electrons. The molecule has 0 aromatic heterocycles. The molecule has 0 spiro atoms. The van der Waals surface area contributed by atoms with Gasteiger partial charge in [0.05, 0.1) is 4.92 Å². The highest BCUT2D eigenvalue weighted by Crippen LogP contribution is 2.34. The molecule has 0 amide bonds. The molecule has 0 bridgehead atoms. The van der Waals surface area contributed by atoms with Crippen LogP contribution in [0.1, 0.15) is 33.1 Å². The number of sulfonamides is 1. The minimum Gasteiger partial charge on any atom is -0.399 e. The number of nitro groups is 1. The van der Waals surface area contributed by atoms with Crippen LogP contribution >= 0.6 is 0 Å². The Morgan fingerprint density at radius 2 is 1.86 bits per heavy atom. The fraction of sp³-hybridized carbons (Fsp3) is 0.538. The lowest BCUT2D eigenvalue weighted by Crippen LogP contribution is -2.47. The third-order valence-electron chi connectivity index (χ3n) is 3.85. The molecule has 1 aromatic rings. The van der Waals surface area contributed by atoms with Crippen LogP contribution in [0.15, 0.2) is 23.1 Å². The van der Waals surface area contributed by atoms with Gasteiger partial charge in [-0.05, 0) is 38.8 Å². The summed E-state index contributed by atoms with van der Waals surface area (Å²) in [6, 6.07) is 3.28. The first-order chi connectivity index (χ1) is 9.75. The number of benzene rings is 1. The largest absolute Gasteiger partial charge is 0.399 e. The molecule has 0 unspecified atom stereocenters. The van der Waals surface area contributed by atoms with Crippen LogP contribution in [0.5, 0.6) is 0 Å². The normalized spacial score (nSPS) is 23.9. The number of nitro benzene ring substituents is 1. The van der Waals surface area contributed by atoms with E-state index in [1.807, 2.05) is 13.8 Å². The van der Waals surface area contributed by atoms with Crippen LogP contribution in [-0.4, -0.2) is 29.7 Å². The molecule has 0 radical (unpaired) electrons. The predicted octanol–water partition coefficient (Wildman–Crippen LogP) is 2.13. The molecular weight excluding hydrogens is 294 g/mol. The van der Waals surface area contributed by atoms with E-state index in [1.54, 1.807) is 0 Å². The van der Waals surface area contributed by atoms with Gasteiger partial charge in [-0.2, -0.15) is 4.31 Å². The third-order valence-corrected chi connectivity index (χ3v) is 6.01. The Hall–Kier alpha value is -1.67. The summed E-state index contributed by atoms with van der Waals surface area (Å²) in [6.07, 6.45) is 2.45. The molecular formula is C13H19N3O4S. The molecule has 7 nitrogen and oxygen atoms in total. The number of nitrogens with zero attached hydrogens (tertiary/aromatic N) is 2. The molecule has 1 aromatic carbocycles. The summed E-state index contributed by atoms with van der Waals surface area (Å²) in [5.74, 6) is 0. The number of rotatable bonds is 3. The summed E-state index contributed by atoms with van der Waals surface area (Å²) >= 11 is 0. The van der Waals surface area contributed by atoms with E-state index >= 15 is 0 Å². The van der Waals surface area contributed by atoms with E-state index in [0.29, 0.717) is 0 Å². The molecule has 1 heterocycles. The van der Waals surface area contributed by atoms with Crippen molar-refractivity contribution >= 4 is 21.4 Å². The molecule has 2 rings (SSSR count). The molecule has 21 heavy (non-hydrogen) atoms. The second-order valence-corrected chi connectivity index (χ2v) is 7.26. The van der Waals surface area contributed by atoms with Gasteiger partial charge in [-0.1, -0.05) is 6.42 Å². The van der Waals surface area contributed by atoms with E-state index in [-0.39, 0.29) is 22.7 Å². The standard InChI is InChI=1S/C13H19N3O4S/c1-9-4-3-5-10(2)15(9)21(19,20)13-8-11(14)6-7-12(13)16(17)18/h6-10H,3-5,14H2,1-2H3/t9-,10+. The lowest BCUT2D eigenvalue weighted by atomic mass is 10.0. The van der Waals surface area contributed by atoms with Crippen LogP contribution in [0.3, 0.4) is 0 Å². The van der Waals surface area contributed by atoms with Crippen molar-refractivity contribution in [2.75, 3.05) is 5.73 Å². The number of hydrogen-bond donors (Lipinski definition) is 1. The minimum absolute atomic E-state index is 0.181. The van der Waals surface area contributed by atoms with Crippen LogP contribution in [0, 0.1) is 10.1 Å². The van der Waals surface area contributed by atoms with E-state index < -0.39 is 20.6 Å². The van der Waals surface area contributed by atoms with Crippen molar-refractivity contribution in [2.45, 2.75) is 50.1 Å². The average molecular weight is 313 g/mol. The van der Waals surface area contributed by atoms with Crippen LogP contribution in [0.4, 0.5) is 11.4 Å². The third kappa shape index (κ3) is 2.86. The van der Waals surface area contributed by atoms with Gasteiger partial charge in [-0.15, -0.1) is 0 Å². The highest BCUT2D eigenvalue weighted by Gasteiger charge is 2.39. The fourth-order valence-corrected chi connectivity index (χ4v) is 4.95. The van der Waals surface area contributed by atoms with Crippen LogP contribution in [-0.2, 0) is 10.0 Å². The zero-order valence-corrected chi connectivity index (χ0v) is 12.8. The van der Waals surface area contributed by atoms with Crippen molar-refractivity contribution in [1.29, 1.82) is 0 Å². The first kappa shape index (κ1) is 15.7. The van der Waals surface area contributed by atoms with Crippen LogP contribution in [0.25, 0.3) is 0 Å². The zero-order chi connectivity index (χ0) is 15.8. The van der Waals surface area contributed by atoms with Crippen molar-refractivity contribution < 1.29 is 13.3 Å². The maximum Gasteiger partial charge on any atom is 0.289 e. The van der Waals surface area contributed by atoms with Gasteiger partial charge in [0, 0.05) is 23.8 Å². The monoisotopic (exact) mass is 313 g/mol. The molecule has 0 aliphatic carbocycles. The fourth-order valence-electron chi connectivity index (χ4n) is 2.87. The second-order valence-electron chi connectivity index (χ2n) is 5.45. The number of nitrogen functional groups attached to an aromatic ring is 1. The first-order valence-corrected chi connectivity index (χ1v) is 8.26. The van der Waals surface area contributed by atoms with E-state index in [9.17, 15) is 18.5 Å². The average Bonchev–Trinajstić information content (AvgIpc) is 2.37. The van der Waals surface area contributed by atoms with Crippen LogP contribution < -0.4 is 5.73 Å². The van der Waals surface area contributed by atoms with E-state index in [1.165, 1.54) is 16.4 Å². The van der Waals surface area contributed by atoms with Gasteiger partial charge in [0.1, 0.15) is 0 Å². The number of hydrogen-bond acceptors (Lipinski definition) is 5. The highest BCUT2D eigenvalue weighted by atomic mass is 32.2. The zero-order valence-electron chi connectivity index (χ0n) is 12.0. The Bertz CT molecular complexity index is 649. The topological polar surface area (TPSA) is 107 Å². The van der Waals surface area contributed by atoms with E-state index in [2.05, 4.69) is 0 Å². The molecule has 1 aliphatic rings. The number of piperidine rings is 1. The smallest absolute Gasteiger partial charge is 0.289 e. The number of nitrogens with two attached hydrogens (primary N) is 1. The molecule has 1 aliphatic heterocycles. The maximum atomic E-state index is 12.9. The Balaban J connectivity index is 2.58. The van der Waals surface area contributed by atoms with Gasteiger partial charge >= 0.3 is 0 Å². The van der Waals surface area contributed by atoms with Crippen molar-refractivity contribution in [1.82, 2.24) is 4.31 Å².